The third kappa shape index (κ3) is 3.69. The van der Waals surface area contributed by atoms with Crippen LogP contribution in [-0.2, 0) is 22.1 Å². The molecule has 9 heteroatoms. The Labute approximate surface area is 137 Å². The van der Waals surface area contributed by atoms with E-state index in [0.717, 1.165) is 0 Å². The van der Waals surface area contributed by atoms with Gasteiger partial charge in [0.05, 0.1) is 17.7 Å². The Morgan fingerprint density at radius 2 is 1.92 bits per heavy atom. The zero-order chi connectivity index (χ0) is 17.0. The van der Waals surface area contributed by atoms with E-state index in [1.54, 1.807) is 30.3 Å². The average Bonchev–Trinajstić information content (AvgIpc) is 3.25. The molecule has 1 aromatic carbocycles. The number of nitrogens with one attached hydrogen (secondary N) is 1. The summed E-state index contributed by atoms with van der Waals surface area (Å²) in [6.45, 7) is 0.159. The van der Waals surface area contributed by atoms with Gasteiger partial charge >= 0.3 is 11.8 Å². The molecule has 2 heterocycles. The maximum atomic E-state index is 12.2. The van der Waals surface area contributed by atoms with Crippen LogP contribution in [0.4, 0.5) is 0 Å². The van der Waals surface area contributed by atoms with Crippen LogP contribution in [0.1, 0.15) is 22.3 Å². The number of amides is 1. The Balaban J connectivity index is 1.66. The first kappa shape index (κ1) is 15.9. The molecule has 0 atom stereocenters. The van der Waals surface area contributed by atoms with Crippen LogP contribution in [0.2, 0.25) is 0 Å². The molecule has 0 fully saturated rings. The number of carbonyl (C=O) groups excluding carboxylic acids is 1. The van der Waals surface area contributed by atoms with Gasteiger partial charge in [-0.25, -0.2) is 8.42 Å². The van der Waals surface area contributed by atoms with Crippen molar-refractivity contribution in [2.45, 2.75) is 17.2 Å². The fourth-order valence-electron chi connectivity index (χ4n) is 1.94. The fourth-order valence-corrected chi connectivity index (χ4v) is 3.14. The van der Waals surface area contributed by atoms with E-state index in [9.17, 15) is 13.2 Å². The number of carbonyl (C=O) groups is 1. The first-order valence-corrected chi connectivity index (χ1v) is 8.61. The molecule has 3 rings (SSSR count). The highest BCUT2D eigenvalue weighted by Gasteiger charge is 2.21. The standard InChI is InChI=1S/C15H13N3O5S/c19-14(16-9-11-5-4-8-22-11)15-17-13(18-23-15)10-24(20,21)12-6-2-1-3-7-12/h1-8H,9-10H2,(H,16,19). The Bertz CT molecular complexity index is 917. The lowest BCUT2D eigenvalue weighted by atomic mass is 10.4. The van der Waals surface area contributed by atoms with E-state index in [-0.39, 0.29) is 23.2 Å². The largest absolute Gasteiger partial charge is 0.467 e. The van der Waals surface area contributed by atoms with Gasteiger partial charge in [-0.3, -0.25) is 4.79 Å². The minimum Gasteiger partial charge on any atom is -0.467 e. The number of nitrogens with zero attached hydrogens (tertiary/aromatic N) is 2. The van der Waals surface area contributed by atoms with Crippen LogP contribution in [0.15, 0.2) is 62.6 Å². The van der Waals surface area contributed by atoms with Gasteiger partial charge in [-0.1, -0.05) is 23.4 Å². The first-order chi connectivity index (χ1) is 11.5. The van der Waals surface area contributed by atoms with Crippen molar-refractivity contribution in [3.05, 3.63) is 66.2 Å². The number of hydrogen-bond acceptors (Lipinski definition) is 7. The maximum Gasteiger partial charge on any atom is 0.315 e. The van der Waals surface area contributed by atoms with Gasteiger partial charge in [0.1, 0.15) is 11.5 Å². The lowest BCUT2D eigenvalue weighted by Gasteiger charge is -2.00. The van der Waals surface area contributed by atoms with Crippen LogP contribution in [0.25, 0.3) is 0 Å². The second kappa shape index (κ2) is 6.67. The van der Waals surface area contributed by atoms with Gasteiger partial charge < -0.3 is 14.3 Å². The predicted octanol–water partition coefficient (Wildman–Crippen LogP) is 1.57. The molecular formula is C15H13N3O5S. The molecule has 2 aromatic heterocycles. The van der Waals surface area contributed by atoms with Crippen LogP contribution in [-0.4, -0.2) is 24.5 Å². The van der Waals surface area contributed by atoms with Crippen LogP contribution in [0.3, 0.4) is 0 Å². The van der Waals surface area contributed by atoms with Crippen molar-refractivity contribution in [1.29, 1.82) is 0 Å². The number of rotatable bonds is 6. The monoisotopic (exact) mass is 347 g/mol. The smallest absolute Gasteiger partial charge is 0.315 e. The van der Waals surface area contributed by atoms with E-state index in [1.807, 2.05) is 0 Å². The Hall–Kier alpha value is -2.94. The molecule has 0 aliphatic heterocycles. The van der Waals surface area contributed by atoms with Gasteiger partial charge in [0.2, 0.25) is 0 Å². The highest BCUT2D eigenvalue weighted by Crippen LogP contribution is 2.14. The molecule has 0 aliphatic rings. The molecule has 0 aliphatic carbocycles. The summed E-state index contributed by atoms with van der Waals surface area (Å²) >= 11 is 0. The molecule has 0 saturated carbocycles. The molecule has 24 heavy (non-hydrogen) atoms. The summed E-state index contributed by atoms with van der Waals surface area (Å²) in [7, 11) is -3.61. The predicted molar refractivity (Wildman–Crippen MR) is 81.5 cm³/mol. The second-order valence-corrected chi connectivity index (χ2v) is 6.84. The lowest BCUT2D eigenvalue weighted by Crippen LogP contribution is -2.23. The molecule has 0 bridgehead atoms. The van der Waals surface area contributed by atoms with Crippen LogP contribution in [0.5, 0.6) is 0 Å². The van der Waals surface area contributed by atoms with E-state index in [4.69, 9.17) is 8.94 Å². The van der Waals surface area contributed by atoms with Crippen molar-refractivity contribution in [3.8, 4) is 0 Å². The van der Waals surface area contributed by atoms with Crippen LogP contribution < -0.4 is 5.32 Å². The van der Waals surface area contributed by atoms with E-state index in [0.29, 0.717) is 5.76 Å². The second-order valence-electron chi connectivity index (χ2n) is 4.85. The van der Waals surface area contributed by atoms with Gasteiger partial charge in [-0.2, -0.15) is 4.98 Å². The van der Waals surface area contributed by atoms with E-state index in [1.165, 1.54) is 18.4 Å². The van der Waals surface area contributed by atoms with Gasteiger partial charge in [-0.15, -0.1) is 0 Å². The third-order valence-corrected chi connectivity index (χ3v) is 4.72. The van der Waals surface area contributed by atoms with Crippen LogP contribution >= 0.6 is 0 Å². The van der Waals surface area contributed by atoms with E-state index in [2.05, 4.69) is 15.5 Å². The molecule has 1 amide bonds. The molecule has 3 aromatic rings. The van der Waals surface area contributed by atoms with E-state index < -0.39 is 21.5 Å². The number of hydrogen-bond donors (Lipinski definition) is 1. The summed E-state index contributed by atoms with van der Waals surface area (Å²) in [6, 6.07) is 11.3. The van der Waals surface area contributed by atoms with Crippen molar-refractivity contribution in [2.24, 2.45) is 0 Å². The van der Waals surface area contributed by atoms with Gasteiger partial charge in [-0.05, 0) is 24.3 Å². The zero-order valence-electron chi connectivity index (χ0n) is 12.4. The Morgan fingerprint density at radius 3 is 2.62 bits per heavy atom. The highest BCUT2D eigenvalue weighted by atomic mass is 32.2. The highest BCUT2D eigenvalue weighted by molar-refractivity contribution is 7.90. The van der Waals surface area contributed by atoms with Crippen molar-refractivity contribution >= 4 is 15.7 Å². The molecule has 0 spiro atoms. The third-order valence-electron chi connectivity index (χ3n) is 3.09. The number of benzene rings is 1. The number of sulfone groups is 1. The van der Waals surface area contributed by atoms with E-state index >= 15 is 0 Å². The average molecular weight is 347 g/mol. The molecular weight excluding hydrogens is 334 g/mol. The molecule has 1 N–H and O–H groups in total. The molecule has 8 nitrogen and oxygen atoms in total. The molecule has 0 radical (unpaired) electrons. The minimum absolute atomic E-state index is 0.0815. The molecule has 0 unspecified atom stereocenters. The fraction of sp³-hybridized carbons (Fsp3) is 0.133. The number of aromatic nitrogens is 2. The van der Waals surface area contributed by atoms with Crippen molar-refractivity contribution < 1.29 is 22.2 Å². The van der Waals surface area contributed by atoms with Crippen molar-refractivity contribution in [1.82, 2.24) is 15.5 Å². The lowest BCUT2D eigenvalue weighted by molar-refractivity contribution is 0.0904. The summed E-state index contributed by atoms with van der Waals surface area (Å²) in [5, 5.41) is 6.07. The van der Waals surface area contributed by atoms with Gasteiger partial charge in [0.15, 0.2) is 15.7 Å². The zero-order valence-corrected chi connectivity index (χ0v) is 13.2. The van der Waals surface area contributed by atoms with Gasteiger partial charge in [0.25, 0.3) is 0 Å². The SMILES string of the molecule is O=C(NCc1ccco1)c1nc(CS(=O)(=O)c2ccccc2)no1. The van der Waals surface area contributed by atoms with Crippen molar-refractivity contribution in [3.63, 3.8) is 0 Å². The molecule has 0 saturated heterocycles. The van der Waals surface area contributed by atoms with Gasteiger partial charge in [0, 0.05) is 0 Å². The maximum absolute atomic E-state index is 12.2. The topological polar surface area (TPSA) is 115 Å². The summed E-state index contributed by atoms with van der Waals surface area (Å²) in [5.41, 5.74) is 0. The van der Waals surface area contributed by atoms with Crippen molar-refractivity contribution in [2.75, 3.05) is 0 Å². The number of furan rings is 1. The first-order valence-electron chi connectivity index (χ1n) is 6.95. The quantitative estimate of drug-likeness (QED) is 0.719. The minimum atomic E-state index is -3.61. The summed E-state index contributed by atoms with van der Waals surface area (Å²) in [6.07, 6.45) is 1.49. The summed E-state index contributed by atoms with van der Waals surface area (Å²) in [5.74, 6) is -0.884. The Kier molecular flexibility index (Phi) is 4.43. The summed E-state index contributed by atoms with van der Waals surface area (Å²) in [4.78, 5) is 15.9. The summed E-state index contributed by atoms with van der Waals surface area (Å²) < 4.78 is 34.3. The Morgan fingerprint density at radius 1 is 1.12 bits per heavy atom. The molecule has 124 valence electrons. The normalized spacial score (nSPS) is 11.3. The van der Waals surface area contributed by atoms with Crippen LogP contribution in [0, 0.1) is 0 Å².